The van der Waals surface area contributed by atoms with Crippen molar-refractivity contribution >= 4 is 22.6 Å². The minimum atomic E-state index is -0.679. The summed E-state index contributed by atoms with van der Waals surface area (Å²) < 4.78 is 11.9. The van der Waals surface area contributed by atoms with Crippen LogP contribution >= 0.6 is 0 Å². The number of carbonyl (C=O) groups is 2. The predicted molar refractivity (Wildman–Crippen MR) is 163 cm³/mol. The molecule has 0 aliphatic heterocycles. The number of quaternary nitrogens is 1. The Bertz CT molecular complexity index is 1530. The van der Waals surface area contributed by atoms with Gasteiger partial charge in [-0.3, -0.25) is 4.79 Å². The molecule has 1 heterocycles. The van der Waals surface area contributed by atoms with Gasteiger partial charge in [-0.2, -0.15) is 0 Å². The van der Waals surface area contributed by atoms with E-state index >= 15 is 0 Å². The first-order valence-electron chi connectivity index (χ1n) is 14.1. The fraction of sp³-hybridized carbons (Fsp3) is 0.324. The van der Waals surface area contributed by atoms with Crippen LogP contribution < -0.4 is 10.5 Å². The van der Waals surface area contributed by atoms with Crippen LogP contribution in [-0.2, 0) is 16.0 Å². The number of unbranched alkanes of at least 4 members (excludes halogenated alkanes) is 1. The molecule has 0 fully saturated rings. The van der Waals surface area contributed by atoms with E-state index in [0.29, 0.717) is 24.6 Å². The lowest BCUT2D eigenvalue weighted by molar-refractivity contribution is -0.912. The molecule has 0 unspecified atom stereocenters. The number of likely N-dealkylation sites (N-methyl/N-ethyl adjacent to an activating group) is 1. The summed E-state index contributed by atoms with van der Waals surface area (Å²) in [5.41, 5.74) is 10.3. The van der Waals surface area contributed by atoms with Gasteiger partial charge < -0.3 is 19.7 Å². The first-order chi connectivity index (χ1) is 19.7. The summed E-state index contributed by atoms with van der Waals surface area (Å²) in [4.78, 5) is 30.5. The van der Waals surface area contributed by atoms with Crippen molar-refractivity contribution in [1.82, 2.24) is 4.98 Å². The molecule has 3 aromatic carbocycles. The highest BCUT2D eigenvalue weighted by Crippen LogP contribution is 2.38. The number of hydrogen-bond donors (Lipinski definition) is 1. The molecule has 7 nitrogen and oxygen atoms in total. The smallest absolute Gasteiger partial charge is 0.369 e. The van der Waals surface area contributed by atoms with E-state index in [1.165, 1.54) is 7.11 Å². The largest absolute Gasteiger partial charge is 0.471 e. The Morgan fingerprint density at radius 1 is 1.00 bits per heavy atom. The Kier molecular flexibility index (Phi) is 9.40. The third kappa shape index (κ3) is 6.74. The van der Waals surface area contributed by atoms with Crippen LogP contribution in [0.3, 0.4) is 0 Å². The topological polar surface area (TPSA) is 91.5 Å². The summed E-state index contributed by atoms with van der Waals surface area (Å²) in [5, 5.41) is 2.06. The maximum atomic E-state index is 13.5. The highest BCUT2D eigenvalue weighted by Gasteiger charge is 2.40. The molecule has 2 N–H and O–H groups in total. The van der Waals surface area contributed by atoms with Gasteiger partial charge in [0.25, 0.3) is 0 Å². The number of rotatable bonds is 12. The first kappa shape index (κ1) is 29.7. The molecule has 4 rings (SSSR count). The van der Waals surface area contributed by atoms with Crippen LogP contribution in [0.15, 0.2) is 72.8 Å². The summed E-state index contributed by atoms with van der Waals surface area (Å²) in [6, 6.07) is 22.8. The first-order valence-corrected chi connectivity index (χ1v) is 14.1. The number of aryl methyl sites for hydroxylation is 2. The van der Waals surface area contributed by atoms with Crippen LogP contribution in [0, 0.1) is 6.92 Å². The summed E-state index contributed by atoms with van der Waals surface area (Å²) in [7, 11) is 5.38. The molecule has 41 heavy (non-hydrogen) atoms. The average Bonchev–Trinajstić information content (AvgIpc) is 2.96. The number of benzene rings is 3. The van der Waals surface area contributed by atoms with Crippen LogP contribution in [0.1, 0.15) is 53.0 Å². The number of pyridine rings is 1. The zero-order chi connectivity index (χ0) is 29.6. The van der Waals surface area contributed by atoms with Gasteiger partial charge in [0.15, 0.2) is 0 Å². The standard InChI is InChI=1S/C34H39N3O4/c1-6-7-16-27-21-25-15-11-12-17-28(25)33(36-27)41-19-18-37(3,4)31(34(39)40-5)30-23(2)20-26(32(35)38)22-29(30)24-13-9-8-10-14-24/h8-15,17,20-22,31H,6-7,16,18-19H2,1-5H3,(H-,35,38)/p+1/t31-/m1/s1. The number of hydrogen-bond acceptors (Lipinski definition) is 5. The number of nitrogens with two attached hydrogens (primary N) is 1. The molecule has 0 radical (unpaired) electrons. The second-order valence-electron chi connectivity index (χ2n) is 11.0. The van der Waals surface area contributed by atoms with Crippen molar-refractivity contribution in [1.29, 1.82) is 0 Å². The van der Waals surface area contributed by atoms with Crippen LogP contribution in [-0.4, -0.2) is 55.7 Å². The molecule has 4 aromatic rings. The van der Waals surface area contributed by atoms with E-state index in [4.69, 9.17) is 20.2 Å². The SMILES string of the molecule is CCCCc1cc2ccccc2c(OCC[N+](C)(C)[C@@H](C(=O)OC)c2c(C)cc(C(N)=O)cc2-c2ccccc2)n1. The Hall–Kier alpha value is -4.23. The van der Waals surface area contributed by atoms with Crippen molar-refractivity contribution in [3.63, 3.8) is 0 Å². The molecule has 7 heteroatoms. The minimum Gasteiger partial charge on any atom is -0.471 e. The highest BCUT2D eigenvalue weighted by atomic mass is 16.5. The molecule has 0 saturated heterocycles. The second kappa shape index (κ2) is 13.0. The fourth-order valence-corrected chi connectivity index (χ4v) is 5.35. The Morgan fingerprint density at radius 2 is 1.71 bits per heavy atom. The van der Waals surface area contributed by atoms with Crippen LogP contribution in [0.4, 0.5) is 0 Å². The van der Waals surface area contributed by atoms with E-state index in [0.717, 1.165) is 58.0 Å². The van der Waals surface area contributed by atoms with Gasteiger partial charge in [0.2, 0.25) is 17.8 Å². The number of nitrogens with zero attached hydrogens (tertiary/aromatic N) is 2. The van der Waals surface area contributed by atoms with Gasteiger partial charge in [0.1, 0.15) is 13.2 Å². The minimum absolute atomic E-state index is 0.261. The number of primary amides is 1. The Labute approximate surface area is 242 Å². The molecule has 1 aromatic heterocycles. The molecule has 0 aliphatic carbocycles. The summed E-state index contributed by atoms with van der Waals surface area (Å²) in [6.45, 7) is 4.91. The van der Waals surface area contributed by atoms with E-state index in [9.17, 15) is 9.59 Å². The molecule has 0 saturated carbocycles. The Morgan fingerprint density at radius 3 is 2.39 bits per heavy atom. The molecule has 0 spiro atoms. The van der Waals surface area contributed by atoms with E-state index in [2.05, 4.69) is 19.1 Å². The third-order valence-electron chi connectivity index (χ3n) is 7.60. The Balaban J connectivity index is 1.70. The van der Waals surface area contributed by atoms with Crippen molar-refractivity contribution in [3.05, 3.63) is 95.2 Å². The van der Waals surface area contributed by atoms with Crippen molar-refractivity contribution in [2.24, 2.45) is 5.73 Å². The number of carbonyl (C=O) groups excluding carboxylic acids is 2. The number of amides is 1. The normalized spacial score (nSPS) is 12.2. The van der Waals surface area contributed by atoms with Crippen LogP contribution in [0.5, 0.6) is 5.88 Å². The van der Waals surface area contributed by atoms with Gasteiger partial charge >= 0.3 is 5.97 Å². The molecule has 0 bridgehead atoms. The van der Waals surface area contributed by atoms with E-state index in [1.807, 2.05) is 69.6 Å². The predicted octanol–water partition coefficient (Wildman–Crippen LogP) is 6.02. The average molecular weight is 555 g/mol. The lowest BCUT2D eigenvalue weighted by Gasteiger charge is -2.38. The van der Waals surface area contributed by atoms with Crippen molar-refractivity contribution in [3.8, 4) is 17.0 Å². The van der Waals surface area contributed by atoms with Crippen molar-refractivity contribution < 1.29 is 23.5 Å². The lowest BCUT2D eigenvalue weighted by Crippen LogP contribution is -2.49. The number of methoxy groups -OCH3 is 1. The number of ether oxygens (including phenoxy) is 2. The van der Waals surface area contributed by atoms with E-state index in [1.54, 1.807) is 12.1 Å². The third-order valence-corrected chi connectivity index (χ3v) is 7.60. The van der Waals surface area contributed by atoms with Gasteiger partial charge in [0.05, 0.1) is 21.2 Å². The molecule has 1 amide bonds. The van der Waals surface area contributed by atoms with E-state index < -0.39 is 11.9 Å². The zero-order valence-corrected chi connectivity index (χ0v) is 24.6. The number of fused-ring (bicyclic) bond motifs is 1. The van der Waals surface area contributed by atoms with Gasteiger partial charge in [-0.05, 0) is 66.1 Å². The summed E-state index contributed by atoms with van der Waals surface area (Å²) in [5.74, 6) is -0.280. The number of aromatic nitrogens is 1. The maximum Gasteiger partial charge on any atom is 0.369 e. The second-order valence-corrected chi connectivity index (χ2v) is 11.0. The molecule has 0 aliphatic rings. The number of esters is 1. The van der Waals surface area contributed by atoms with Crippen molar-refractivity contribution in [2.75, 3.05) is 34.4 Å². The van der Waals surface area contributed by atoms with Gasteiger partial charge in [0, 0.05) is 22.2 Å². The van der Waals surface area contributed by atoms with Gasteiger partial charge in [-0.1, -0.05) is 61.9 Å². The van der Waals surface area contributed by atoms with Crippen LogP contribution in [0.25, 0.3) is 21.9 Å². The summed E-state index contributed by atoms with van der Waals surface area (Å²) in [6.07, 6.45) is 3.05. The van der Waals surface area contributed by atoms with Gasteiger partial charge in [-0.25, -0.2) is 9.78 Å². The molecule has 214 valence electrons. The van der Waals surface area contributed by atoms with Gasteiger partial charge in [-0.15, -0.1) is 0 Å². The summed E-state index contributed by atoms with van der Waals surface area (Å²) >= 11 is 0. The van der Waals surface area contributed by atoms with Crippen LogP contribution in [0.2, 0.25) is 0 Å². The monoisotopic (exact) mass is 554 g/mol. The zero-order valence-electron chi connectivity index (χ0n) is 24.6. The molecular formula is C34H40N3O4+. The quantitative estimate of drug-likeness (QED) is 0.171. The molecule has 1 atom stereocenters. The fourth-order valence-electron chi connectivity index (χ4n) is 5.35. The van der Waals surface area contributed by atoms with Crippen molar-refractivity contribution in [2.45, 2.75) is 39.2 Å². The highest BCUT2D eigenvalue weighted by molar-refractivity contribution is 5.95. The lowest BCUT2D eigenvalue weighted by atomic mass is 9.87. The van der Waals surface area contributed by atoms with E-state index in [-0.39, 0.29) is 10.5 Å². The maximum absolute atomic E-state index is 13.5. The molecular weight excluding hydrogens is 514 g/mol.